The third-order valence-corrected chi connectivity index (χ3v) is 1.82. The zero-order valence-corrected chi connectivity index (χ0v) is 8.58. The summed E-state index contributed by atoms with van der Waals surface area (Å²) in [7, 11) is 0. The second-order valence-corrected chi connectivity index (χ2v) is 4.38. The zero-order valence-electron chi connectivity index (χ0n) is 8.58. The lowest BCUT2D eigenvalue weighted by molar-refractivity contribution is -0.102. The molecule has 0 unspecified atom stereocenters. The van der Waals surface area contributed by atoms with Gasteiger partial charge in [0.1, 0.15) is 0 Å². The van der Waals surface area contributed by atoms with Crippen molar-refractivity contribution in [2.75, 3.05) is 26.4 Å². The molecule has 0 amide bonds. The van der Waals surface area contributed by atoms with Crippen molar-refractivity contribution in [2.24, 2.45) is 5.41 Å². The van der Waals surface area contributed by atoms with Gasteiger partial charge in [-0.05, 0) is 20.8 Å². The summed E-state index contributed by atoms with van der Waals surface area (Å²) in [5, 5.41) is 26.9. The van der Waals surface area contributed by atoms with Crippen LogP contribution in [0.3, 0.4) is 0 Å². The van der Waals surface area contributed by atoms with Crippen molar-refractivity contribution in [1.29, 1.82) is 0 Å². The predicted molar refractivity (Wildman–Crippen MR) is 49.4 cm³/mol. The molecule has 0 saturated heterocycles. The zero-order chi connectivity index (χ0) is 10.5. The molecule has 0 aromatic rings. The van der Waals surface area contributed by atoms with E-state index in [0.29, 0.717) is 0 Å². The Morgan fingerprint density at radius 1 is 0.923 bits per heavy atom. The Bertz CT molecular complexity index is 127. The van der Waals surface area contributed by atoms with Crippen LogP contribution in [0.5, 0.6) is 0 Å². The van der Waals surface area contributed by atoms with Crippen molar-refractivity contribution in [3.63, 3.8) is 0 Å². The third kappa shape index (κ3) is 4.57. The van der Waals surface area contributed by atoms with Crippen LogP contribution in [-0.4, -0.2) is 47.3 Å². The van der Waals surface area contributed by atoms with E-state index < -0.39 is 5.41 Å². The minimum Gasteiger partial charge on any atom is -0.396 e. The average molecular weight is 192 g/mol. The highest BCUT2D eigenvalue weighted by atomic mass is 16.5. The number of ether oxygens (including phenoxy) is 1. The lowest BCUT2D eigenvalue weighted by Crippen LogP contribution is -2.41. The molecular weight excluding hydrogens is 172 g/mol. The van der Waals surface area contributed by atoms with Gasteiger partial charge in [0, 0.05) is 0 Å². The summed E-state index contributed by atoms with van der Waals surface area (Å²) in [6, 6.07) is 0. The van der Waals surface area contributed by atoms with E-state index in [0.717, 1.165) is 0 Å². The van der Waals surface area contributed by atoms with E-state index in [4.69, 9.17) is 20.1 Å². The normalized spacial score (nSPS) is 13.4. The molecule has 0 fully saturated rings. The molecule has 0 rings (SSSR count). The van der Waals surface area contributed by atoms with E-state index in [1.807, 2.05) is 20.8 Å². The summed E-state index contributed by atoms with van der Waals surface area (Å²) >= 11 is 0. The number of hydrogen-bond donors (Lipinski definition) is 3. The van der Waals surface area contributed by atoms with E-state index in [9.17, 15) is 0 Å². The molecule has 4 heteroatoms. The maximum Gasteiger partial charge on any atom is 0.0630 e. The van der Waals surface area contributed by atoms with Crippen LogP contribution in [0.2, 0.25) is 0 Å². The summed E-state index contributed by atoms with van der Waals surface area (Å²) in [5.41, 5.74) is -1.25. The third-order valence-electron chi connectivity index (χ3n) is 1.82. The first-order valence-corrected chi connectivity index (χ1v) is 4.36. The van der Waals surface area contributed by atoms with E-state index >= 15 is 0 Å². The molecule has 0 radical (unpaired) electrons. The maximum absolute atomic E-state index is 8.97. The molecule has 0 aromatic carbocycles. The Morgan fingerprint density at radius 2 is 1.31 bits per heavy atom. The van der Waals surface area contributed by atoms with E-state index in [1.54, 1.807) is 0 Å². The summed E-state index contributed by atoms with van der Waals surface area (Å²) in [6.45, 7) is 4.94. The molecule has 0 aliphatic carbocycles. The van der Waals surface area contributed by atoms with Gasteiger partial charge in [-0.1, -0.05) is 0 Å². The van der Waals surface area contributed by atoms with Crippen molar-refractivity contribution in [3.05, 3.63) is 0 Å². The molecule has 0 aliphatic heterocycles. The summed E-state index contributed by atoms with van der Waals surface area (Å²) in [6.07, 6.45) is 0. The van der Waals surface area contributed by atoms with Gasteiger partial charge in [-0.2, -0.15) is 0 Å². The first-order valence-electron chi connectivity index (χ1n) is 4.36. The molecule has 0 bridgehead atoms. The second-order valence-electron chi connectivity index (χ2n) is 4.38. The van der Waals surface area contributed by atoms with Crippen LogP contribution in [0.4, 0.5) is 0 Å². The molecule has 13 heavy (non-hydrogen) atoms. The van der Waals surface area contributed by atoms with Gasteiger partial charge in [0.25, 0.3) is 0 Å². The maximum atomic E-state index is 8.97. The summed E-state index contributed by atoms with van der Waals surface area (Å²) in [5.74, 6) is 0. The smallest absolute Gasteiger partial charge is 0.0630 e. The molecule has 80 valence electrons. The standard InChI is InChI=1S/C9H20O4/c1-8(2,3)13-7-9(4-10,5-11)6-12/h10-12H,4-7H2,1-3H3. The Balaban J connectivity index is 4.11. The van der Waals surface area contributed by atoms with Gasteiger partial charge in [0.05, 0.1) is 37.4 Å². The van der Waals surface area contributed by atoms with Crippen LogP contribution >= 0.6 is 0 Å². The topological polar surface area (TPSA) is 69.9 Å². The van der Waals surface area contributed by atoms with E-state index in [1.165, 1.54) is 0 Å². The molecular formula is C9H20O4. The van der Waals surface area contributed by atoms with Crippen LogP contribution < -0.4 is 0 Å². The van der Waals surface area contributed by atoms with Gasteiger partial charge < -0.3 is 20.1 Å². The van der Waals surface area contributed by atoms with Crippen molar-refractivity contribution < 1.29 is 20.1 Å². The Labute approximate surface area is 79.2 Å². The van der Waals surface area contributed by atoms with E-state index in [2.05, 4.69) is 0 Å². The van der Waals surface area contributed by atoms with Crippen LogP contribution in [0.25, 0.3) is 0 Å². The Morgan fingerprint density at radius 3 is 1.54 bits per heavy atom. The quantitative estimate of drug-likeness (QED) is 0.562. The summed E-state index contributed by atoms with van der Waals surface area (Å²) < 4.78 is 5.39. The molecule has 0 heterocycles. The second kappa shape index (κ2) is 4.91. The van der Waals surface area contributed by atoms with Gasteiger partial charge >= 0.3 is 0 Å². The van der Waals surface area contributed by atoms with E-state index in [-0.39, 0.29) is 32.0 Å². The highest BCUT2D eigenvalue weighted by Gasteiger charge is 2.30. The van der Waals surface area contributed by atoms with Crippen LogP contribution in [-0.2, 0) is 4.74 Å². The fourth-order valence-electron chi connectivity index (χ4n) is 0.657. The molecule has 4 nitrogen and oxygen atoms in total. The van der Waals surface area contributed by atoms with Crippen molar-refractivity contribution in [2.45, 2.75) is 26.4 Å². The molecule has 3 N–H and O–H groups in total. The first kappa shape index (κ1) is 12.8. The average Bonchev–Trinajstić information content (AvgIpc) is 2.06. The first-order chi connectivity index (χ1) is 5.89. The van der Waals surface area contributed by atoms with Crippen molar-refractivity contribution in [1.82, 2.24) is 0 Å². The lowest BCUT2D eigenvalue weighted by atomic mass is 9.92. The van der Waals surface area contributed by atoms with Crippen LogP contribution in [0.1, 0.15) is 20.8 Å². The summed E-state index contributed by atoms with van der Waals surface area (Å²) in [4.78, 5) is 0. The fourth-order valence-corrected chi connectivity index (χ4v) is 0.657. The number of aliphatic hydroxyl groups is 3. The molecule has 0 aliphatic rings. The van der Waals surface area contributed by atoms with Gasteiger partial charge in [-0.15, -0.1) is 0 Å². The van der Waals surface area contributed by atoms with Gasteiger partial charge in [-0.3, -0.25) is 0 Å². The predicted octanol–water partition coefficient (Wildman–Crippen LogP) is -0.235. The van der Waals surface area contributed by atoms with Crippen molar-refractivity contribution >= 4 is 0 Å². The molecule has 0 aromatic heterocycles. The minimum atomic E-state index is -0.923. The SMILES string of the molecule is CC(C)(C)OCC(CO)(CO)CO. The monoisotopic (exact) mass is 192 g/mol. The Kier molecular flexibility index (Phi) is 4.85. The van der Waals surface area contributed by atoms with Crippen molar-refractivity contribution in [3.8, 4) is 0 Å². The van der Waals surface area contributed by atoms with Gasteiger partial charge in [-0.25, -0.2) is 0 Å². The minimum absolute atomic E-state index is 0.153. The van der Waals surface area contributed by atoms with Gasteiger partial charge in [0.15, 0.2) is 0 Å². The number of aliphatic hydroxyl groups excluding tert-OH is 3. The molecule has 0 spiro atoms. The number of rotatable bonds is 5. The molecule has 0 saturated carbocycles. The van der Waals surface area contributed by atoms with Gasteiger partial charge in [0.2, 0.25) is 0 Å². The number of hydrogen-bond acceptors (Lipinski definition) is 4. The Hall–Kier alpha value is -0.160. The lowest BCUT2D eigenvalue weighted by Gasteiger charge is -2.31. The highest BCUT2D eigenvalue weighted by molar-refractivity contribution is 4.77. The molecule has 0 atom stereocenters. The van der Waals surface area contributed by atoms with Crippen LogP contribution in [0, 0.1) is 5.41 Å². The fraction of sp³-hybridized carbons (Fsp3) is 1.00. The van der Waals surface area contributed by atoms with Crippen LogP contribution in [0.15, 0.2) is 0 Å². The largest absolute Gasteiger partial charge is 0.396 e. The highest BCUT2D eigenvalue weighted by Crippen LogP contribution is 2.19.